The first kappa shape index (κ1) is 16.2. The number of rotatable bonds is 5. The second-order valence-corrected chi connectivity index (χ2v) is 6.59. The number of nitrogens with one attached hydrogen (secondary N) is 1. The Labute approximate surface area is 129 Å². The molecule has 1 aliphatic heterocycles. The Balaban J connectivity index is 2.11. The zero-order chi connectivity index (χ0) is 15.4. The van der Waals surface area contributed by atoms with Crippen LogP contribution < -0.4 is 10.2 Å². The van der Waals surface area contributed by atoms with E-state index in [9.17, 15) is 5.11 Å². The predicted octanol–water partition coefficient (Wildman–Crippen LogP) is 4.08. The topological polar surface area (TPSA) is 35.5 Å². The molecule has 1 fully saturated rings. The van der Waals surface area contributed by atoms with Gasteiger partial charge in [-0.2, -0.15) is 0 Å². The van der Waals surface area contributed by atoms with Crippen molar-refractivity contribution in [3.05, 3.63) is 23.8 Å². The van der Waals surface area contributed by atoms with E-state index in [4.69, 9.17) is 0 Å². The highest BCUT2D eigenvalue weighted by atomic mass is 16.3. The van der Waals surface area contributed by atoms with Gasteiger partial charge in [-0.25, -0.2) is 0 Å². The van der Waals surface area contributed by atoms with Crippen molar-refractivity contribution in [1.82, 2.24) is 5.32 Å². The molecule has 3 unspecified atom stereocenters. The van der Waals surface area contributed by atoms with Crippen LogP contribution >= 0.6 is 0 Å². The molecule has 2 N–H and O–H groups in total. The third kappa shape index (κ3) is 3.91. The van der Waals surface area contributed by atoms with Crippen LogP contribution in [-0.4, -0.2) is 24.2 Å². The first-order valence-corrected chi connectivity index (χ1v) is 8.35. The maximum atomic E-state index is 10.4. The first-order valence-electron chi connectivity index (χ1n) is 8.35. The van der Waals surface area contributed by atoms with Crippen molar-refractivity contribution in [1.29, 1.82) is 0 Å². The van der Waals surface area contributed by atoms with E-state index in [1.54, 1.807) is 0 Å². The summed E-state index contributed by atoms with van der Waals surface area (Å²) in [6, 6.07) is 6.91. The average Bonchev–Trinajstić information content (AvgIpc) is 2.44. The molecule has 3 heteroatoms. The summed E-state index contributed by atoms with van der Waals surface area (Å²) in [7, 11) is 0. The molecular formula is C18H30N2O. The number of nitrogens with zero attached hydrogens (tertiary/aromatic N) is 1. The average molecular weight is 290 g/mol. The molecule has 1 aromatic carbocycles. The van der Waals surface area contributed by atoms with Crippen LogP contribution in [0.1, 0.15) is 58.6 Å². The third-order valence-corrected chi connectivity index (χ3v) is 4.65. The van der Waals surface area contributed by atoms with Gasteiger partial charge in [-0.05, 0) is 51.6 Å². The molecule has 0 bridgehead atoms. The lowest BCUT2D eigenvalue weighted by Crippen LogP contribution is -2.40. The maximum Gasteiger partial charge on any atom is 0.122 e. The Morgan fingerprint density at radius 1 is 1.38 bits per heavy atom. The van der Waals surface area contributed by atoms with Crippen molar-refractivity contribution in [2.24, 2.45) is 5.92 Å². The summed E-state index contributed by atoms with van der Waals surface area (Å²) in [5.74, 6) is 1.22. The highest BCUT2D eigenvalue weighted by molar-refractivity contribution is 5.55. The van der Waals surface area contributed by atoms with Gasteiger partial charge in [0.1, 0.15) is 5.75 Å². The standard InChI is InChI=1S/C18H30N2O/c1-5-9-19-15(4)17-7-6-16(12-18(17)21)20-10-8-13(2)11-14(20)3/h6-7,12-15,19,21H,5,8-11H2,1-4H3. The van der Waals surface area contributed by atoms with Crippen molar-refractivity contribution in [2.45, 2.75) is 59.0 Å². The number of hydrogen-bond acceptors (Lipinski definition) is 3. The molecule has 1 saturated heterocycles. The summed E-state index contributed by atoms with van der Waals surface area (Å²) in [4.78, 5) is 2.42. The molecule has 3 atom stereocenters. The zero-order valence-corrected chi connectivity index (χ0v) is 13.9. The smallest absolute Gasteiger partial charge is 0.122 e. The summed E-state index contributed by atoms with van der Waals surface area (Å²) < 4.78 is 0. The van der Waals surface area contributed by atoms with Crippen molar-refractivity contribution in [3.8, 4) is 5.75 Å². The van der Waals surface area contributed by atoms with Crippen LogP contribution in [-0.2, 0) is 0 Å². The largest absolute Gasteiger partial charge is 0.508 e. The molecule has 118 valence electrons. The Bertz CT molecular complexity index is 461. The molecule has 1 heterocycles. The Hall–Kier alpha value is -1.22. The van der Waals surface area contributed by atoms with Crippen LogP contribution in [0.5, 0.6) is 5.75 Å². The molecule has 2 rings (SSSR count). The van der Waals surface area contributed by atoms with Gasteiger partial charge in [0, 0.05) is 35.9 Å². The van der Waals surface area contributed by atoms with Crippen molar-refractivity contribution in [3.63, 3.8) is 0 Å². The molecule has 1 aromatic rings. The lowest BCUT2D eigenvalue weighted by molar-refractivity contribution is 0.377. The van der Waals surface area contributed by atoms with Gasteiger partial charge >= 0.3 is 0 Å². The van der Waals surface area contributed by atoms with Gasteiger partial charge in [-0.1, -0.05) is 19.9 Å². The van der Waals surface area contributed by atoms with E-state index in [1.165, 1.54) is 12.8 Å². The van der Waals surface area contributed by atoms with Crippen molar-refractivity contribution < 1.29 is 5.11 Å². The third-order valence-electron chi connectivity index (χ3n) is 4.65. The molecule has 21 heavy (non-hydrogen) atoms. The maximum absolute atomic E-state index is 10.4. The zero-order valence-electron chi connectivity index (χ0n) is 13.9. The quantitative estimate of drug-likeness (QED) is 0.858. The van der Waals surface area contributed by atoms with Gasteiger partial charge in [0.25, 0.3) is 0 Å². The summed E-state index contributed by atoms with van der Waals surface area (Å²) >= 11 is 0. The van der Waals surface area contributed by atoms with E-state index in [0.29, 0.717) is 11.8 Å². The van der Waals surface area contributed by atoms with Gasteiger partial charge in [0.05, 0.1) is 0 Å². The number of aromatic hydroxyl groups is 1. The van der Waals surface area contributed by atoms with Crippen LogP contribution in [0.3, 0.4) is 0 Å². The lowest BCUT2D eigenvalue weighted by atomic mass is 9.92. The van der Waals surface area contributed by atoms with Gasteiger partial charge in [-0.15, -0.1) is 0 Å². The van der Waals surface area contributed by atoms with E-state index >= 15 is 0 Å². The molecule has 1 aliphatic rings. The Morgan fingerprint density at radius 3 is 2.76 bits per heavy atom. The van der Waals surface area contributed by atoms with Crippen LogP contribution in [0, 0.1) is 5.92 Å². The lowest BCUT2D eigenvalue weighted by Gasteiger charge is -2.38. The first-order chi connectivity index (χ1) is 10.0. The minimum absolute atomic E-state index is 0.192. The minimum Gasteiger partial charge on any atom is -0.508 e. The van der Waals surface area contributed by atoms with Crippen LogP contribution in [0.4, 0.5) is 5.69 Å². The molecule has 0 aliphatic carbocycles. The second kappa shape index (κ2) is 7.17. The normalized spacial score (nSPS) is 24.1. The molecule has 0 aromatic heterocycles. The minimum atomic E-state index is 0.192. The second-order valence-electron chi connectivity index (χ2n) is 6.59. The van der Waals surface area contributed by atoms with Crippen LogP contribution in [0.15, 0.2) is 18.2 Å². The Kier molecular flexibility index (Phi) is 5.51. The molecule has 3 nitrogen and oxygen atoms in total. The number of phenolic OH excluding ortho intramolecular Hbond substituents is 1. The van der Waals surface area contributed by atoms with Crippen molar-refractivity contribution in [2.75, 3.05) is 18.0 Å². The Morgan fingerprint density at radius 2 is 2.14 bits per heavy atom. The van der Waals surface area contributed by atoms with Gasteiger partial charge < -0.3 is 15.3 Å². The monoisotopic (exact) mass is 290 g/mol. The molecular weight excluding hydrogens is 260 g/mol. The highest BCUT2D eigenvalue weighted by Gasteiger charge is 2.23. The predicted molar refractivity (Wildman–Crippen MR) is 90.0 cm³/mol. The summed E-state index contributed by atoms with van der Waals surface area (Å²) in [5, 5.41) is 13.8. The number of phenols is 1. The summed E-state index contributed by atoms with van der Waals surface area (Å²) in [5.41, 5.74) is 2.14. The van der Waals surface area contributed by atoms with Crippen LogP contribution in [0.2, 0.25) is 0 Å². The van der Waals surface area contributed by atoms with E-state index < -0.39 is 0 Å². The van der Waals surface area contributed by atoms with E-state index in [0.717, 1.165) is 36.7 Å². The van der Waals surface area contributed by atoms with Gasteiger partial charge in [-0.3, -0.25) is 0 Å². The molecule has 0 spiro atoms. The fraction of sp³-hybridized carbons (Fsp3) is 0.667. The van der Waals surface area contributed by atoms with E-state index in [-0.39, 0.29) is 6.04 Å². The van der Waals surface area contributed by atoms with Crippen LogP contribution in [0.25, 0.3) is 0 Å². The summed E-state index contributed by atoms with van der Waals surface area (Å²) in [6.07, 6.45) is 3.57. The van der Waals surface area contributed by atoms with E-state index in [2.05, 4.69) is 50.0 Å². The molecule has 0 radical (unpaired) electrons. The molecule has 0 saturated carbocycles. The number of piperidine rings is 1. The molecule has 0 amide bonds. The SMILES string of the molecule is CCCNC(C)c1ccc(N2CCC(C)CC2C)cc1O. The highest BCUT2D eigenvalue weighted by Crippen LogP contribution is 2.33. The van der Waals surface area contributed by atoms with Gasteiger partial charge in [0.2, 0.25) is 0 Å². The van der Waals surface area contributed by atoms with Crippen molar-refractivity contribution >= 4 is 5.69 Å². The van der Waals surface area contributed by atoms with Gasteiger partial charge in [0.15, 0.2) is 0 Å². The fourth-order valence-corrected chi connectivity index (χ4v) is 3.34. The van der Waals surface area contributed by atoms with E-state index in [1.807, 2.05) is 6.07 Å². The number of hydrogen-bond donors (Lipinski definition) is 2. The fourth-order valence-electron chi connectivity index (χ4n) is 3.34. The number of benzene rings is 1. The summed E-state index contributed by atoms with van der Waals surface area (Å²) in [6.45, 7) is 10.9. The number of anilines is 1.